The lowest BCUT2D eigenvalue weighted by molar-refractivity contribution is 0.387. The fraction of sp³-hybridized carbons (Fsp3) is 0.167. The summed E-state index contributed by atoms with van der Waals surface area (Å²) in [7, 11) is -12.4. The summed E-state index contributed by atoms with van der Waals surface area (Å²) in [5, 5.41) is -0.447. The molecule has 15 heteroatoms. The lowest BCUT2D eigenvalue weighted by atomic mass is 9.98. The molecule has 0 saturated carbocycles. The van der Waals surface area contributed by atoms with Crippen LogP contribution in [0.4, 0.5) is 0 Å². The summed E-state index contributed by atoms with van der Waals surface area (Å²) in [6, 6.07) is 24.2. The summed E-state index contributed by atoms with van der Waals surface area (Å²) >= 11 is 0. The third kappa shape index (κ3) is 8.75. The molecule has 1 aromatic heterocycles. The van der Waals surface area contributed by atoms with E-state index >= 15 is 4.79 Å². The van der Waals surface area contributed by atoms with E-state index in [0.717, 1.165) is 17.2 Å². The van der Waals surface area contributed by atoms with Gasteiger partial charge in [0.25, 0.3) is 0 Å². The standard InChI is InChI=1S/C42H38O12S3/c1-27(2)21-23-32-34(52-55(44,45)29-15-9-6-10-16-29)25-36-39(42(32)54-57(48,49)31-19-13-8-14-20-31)40(43)38-33(24-22-28(3)4)41(50-5)37(26-35(38)51-36)53-56(46,47)30-17-11-7-12-18-30/h6-22,25-26H,23-24H2,1-5H3. The zero-order valence-electron chi connectivity index (χ0n) is 31.5. The highest BCUT2D eigenvalue weighted by Crippen LogP contribution is 2.44. The molecule has 5 aromatic carbocycles. The Labute approximate surface area is 331 Å². The van der Waals surface area contributed by atoms with Gasteiger partial charge in [-0.05, 0) is 76.9 Å². The maximum Gasteiger partial charge on any atom is 0.339 e. The van der Waals surface area contributed by atoms with Crippen molar-refractivity contribution < 1.29 is 47.0 Å². The molecule has 0 saturated heterocycles. The number of ether oxygens (including phenoxy) is 1. The van der Waals surface area contributed by atoms with Crippen molar-refractivity contribution >= 4 is 52.3 Å². The second-order valence-electron chi connectivity index (χ2n) is 13.3. The number of benzene rings is 5. The number of methoxy groups -OCH3 is 1. The molecule has 296 valence electrons. The van der Waals surface area contributed by atoms with Crippen molar-refractivity contribution in [1.29, 1.82) is 0 Å². The van der Waals surface area contributed by atoms with Gasteiger partial charge in [0.1, 0.15) is 31.2 Å². The molecule has 0 aliphatic rings. The monoisotopic (exact) mass is 830 g/mol. The van der Waals surface area contributed by atoms with Crippen molar-refractivity contribution in [2.45, 2.75) is 55.2 Å². The van der Waals surface area contributed by atoms with Gasteiger partial charge in [-0.25, -0.2) is 0 Å². The van der Waals surface area contributed by atoms with Crippen molar-refractivity contribution in [2.75, 3.05) is 7.11 Å². The molecule has 0 amide bonds. The molecule has 0 N–H and O–H groups in total. The zero-order valence-corrected chi connectivity index (χ0v) is 34.0. The van der Waals surface area contributed by atoms with Gasteiger partial charge in [-0.2, -0.15) is 25.3 Å². The molecule has 0 unspecified atom stereocenters. The van der Waals surface area contributed by atoms with Gasteiger partial charge in [-0.3, -0.25) is 4.79 Å². The van der Waals surface area contributed by atoms with Gasteiger partial charge in [0.05, 0.1) is 12.5 Å². The summed E-state index contributed by atoms with van der Waals surface area (Å²) in [4.78, 5) is 14.5. The predicted molar refractivity (Wildman–Crippen MR) is 216 cm³/mol. The van der Waals surface area contributed by atoms with Gasteiger partial charge in [-0.15, -0.1) is 0 Å². The molecular weight excluding hydrogens is 793 g/mol. The molecule has 6 rings (SSSR count). The third-order valence-electron chi connectivity index (χ3n) is 8.61. The molecule has 0 fully saturated rings. The first-order chi connectivity index (χ1) is 27.0. The zero-order chi connectivity index (χ0) is 41.1. The summed E-state index contributed by atoms with van der Waals surface area (Å²) < 4.78 is 111. The number of hydrogen-bond donors (Lipinski definition) is 0. The minimum absolute atomic E-state index is 0.0283. The van der Waals surface area contributed by atoms with Crippen LogP contribution in [0.15, 0.2) is 150 Å². The van der Waals surface area contributed by atoms with E-state index in [1.165, 1.54) is 86.0 Å². The van der Waals surface area contributed by atoms with Gasteiger partial charge < -0.3 is 21.7 Å². The van der Waals surface area contributed by atoms with Crippen LogP contribution in [-0.2, 0) is 43.2 Å². The van der Waals surface area contributed by atoms with E-state index in [0.29, 0.717) is 0 Å². The second-order valence-corrected chi connectivity index (χ2v) is 17.9. The maximum atomic E-state index is 15.0. The average molecular weight is 831 g/mol. The van der Waals surface area contributed by atoms with Gasteiger partial charge in [0, 0.05) is 23.3 Å². The van der Waals surface area contributed by atoms with Crippen LogP contribution in [0.25, 0.3) is 21.9 Å². The van der Waals surface area contributed by atoms with Gasteiger partial charge >= 0.3 is 30.4 Å². The molecule has 0 radical (unpaired) electrons. The van der Waals surface area contributed by atoms with Gasteiger partial charge in [-0.1, -0.05) is 77.9 Å². The topological polar surface area (TPSA) is 170 Å². The Bertz CT molecular complexity index is 2930. The Kier molecular flexibility index (Phi) is 11.6. The van der Waals surface area contributed by atoms with Crippen LogP contribution >= 0.6 is 0 Å². The molecule has 0 bridgehead atoms. The normalized spacial score (nSPS) is 11.9. The van der Waals surface area contributed by atoms with E-state index in [1.54, 1.807) is 44.2 Å². The van der Waals surface area contributed by atoms with Gasteiger partial charge in [0.15, 0.2) is 23.0 Å². The molecule has 0 atom stereocenters. The Morgan fingerprint density at radius 3 is 1.40 bits per heavy atom. The molecule has 1 heterocycles. The van der Waals surface area contributed by atoms with Gasteiger partial charge in [0.2, 0.25) is 5.43 Å². The third-order valence-corrected chi connectivity index (χ3v) is 12.3. The molecular formula is C42H38O12S3. The van der Waals surface area contributed by atoms with Crippen LogP contribution in [0.1, 0.15) is 38.8 Å². The van der Waals surface area contributed by atoms with Crippen LogP contribution in [-0.4, -0.2) is 32.4 Å². The summed E-state index contributed by atoms with van der Waals surface area (Å²) in [6.45, 7) is 7.22. The summed E-state index contributed by atoms with van der Waals surface area (Å²) in [5.41, 5.74) is 0.409. The van der Waals surface area contributed by atoms with Crippen molar-refractivity contribution in [1.82, 2.24) is 0 Å². The molecule has 12 nitrogen and oxygen atoms in total. The first-order valence-electron chi connectivity index (χ1n) is 17.4. The Morgan fingerprint density at radius 2 is 0.947 bits per heavy atom. The number of allylic oxidation sites excluding steroid dienone is 4. The van der Waals surface area contributed by atoms with Crippen molar-refractivity contribution in [3.05, 3.63) is 148 Å². The van der Waals surface area contributed by atoms with E-state index in [4.69, 9.17) is 21.7 Å². The predicted octanol–water partition coefficient (Wildman–Crippen LogP) is 8.28. The minimum Gasteiger partial charge on any atom is -0.492 e. The highest BCUT2D eigenvalue weighted by molar-refractivity contribution is 7.87. The molecule has 0 aliphatic heterocycles. The van der Waals surface area contributed by atoms with Crippen LogP contribution in [0, 0.1) is 0 Å². The quantitative estimate of drug-likeness (QED) is 0.0586. The first-order valence-corrected chi connectivity index (χ1v) is 21.7. The van der Waals surface area contributed by atoms with E-state index in [9.17, 15) is 25.3 Å². The van der Waals surface area contributed by atoms with E-state index in [2.05, 4.69) is 0 Å². The van der Waals surface area contributed by atoms with Crippen molar-refractivity contribution in [2.24, 2.45) is 0 Å². The second kappa shape index (κ2) is 16.3. The first kappa shape index (κ1) is 40.8. The highest BCUT2D eigenvalue weighted by atomic mass is 32.2. The lowest BCUT2D eigenvalue weighted by Crippen LogP contribution is -2.17. The van der Waals surface area contributed by atoms with Crippen LogP contribution in [0.2, 0.25) is 0 Å². The fourth-order valence-electron chi connectivity index (χ4n) is 5.89. The van der Waals surface area contributed by atoms with E-state index in [1.807, 2.05) is 13.8 Å². The van der Waals surface area contributed by atoms with E-state index in [-0.39, 0.29) is 77.8 Å². The minimum atomic E-state index is -4.67. The Balaban J connectivity index is 1.74. The highest BCUT2D eigenvalue weighted by Gasteiger charge is 2.31. The number of rotatable bonds is 14. The molecule has 57 heavy (non-hydrogen) atoms. The SMILES string of the molecule is COc1c(OS(=O)(=O)c2ccccc2)cc2oc3cc(OS(=O)(=O)c4ccccc4)c(CC=C(C)C)c(OS(=O)(=O)c4ccccc4)c3c(=O)c2c1CC=C(C)C. The van der Waals surface area contributed by atoms with Crippen molar-refractivity contribution in [3.63, 3.8) is 0 Å². The fourth-order valence-corrected chi connectivity index (χ4v) is 8.80. The Morgan fingerprint density at radius 1 is 0.544 bits per heavy atom. The van der Waals surface area contributed by atoms with Crippen LogP contribution in [0.5, 0.6) is 23.0 Å². The molecule has 0 spiro atoms. The number of hydrogen-bond acceptors (Lipinski definition) is 12. The molecule has 0 aliphatic carbocycles. The van der Waals surface area contributed by atoms with Crippen LogP contribution < -0.4 is 22.7 Å². The Hall–Kier alpha value is -5.90. The average Bonchev–Trinajstić information content (AvgIpc) is 3.17. The molecule has 6 aromatic rings. The summed E-state index contributed by atoms with van der Waals surface area (Å²) in [5.74, 6) is -1.31. The van der Waals surface area contributed by atoms with Crippen molar-refractivity contribution in [3.8, 4) is 23.0 Å². The smallest absolute Gasteiger partial charge is 0.339 e. The maximum absolute atomic E-state index is 15.0. The number of fused-ring (bicyclic) bond motifs is 2. The lowest BCUT2D eigenvalue weighted by Gasteiger charge is -2.19. The van der Waals surface area contributed by atoms with Crippen LogP contribution in [0.3, 0.4) is 0 Å². The summed E-state index contributed by atoms with van der Waals surface area (Å²) in [6.07, 6.45) is 3.36. The largest absolute Gasteiger partial charge is 0.492 e. The van der Waals surface area contributed by atoms with E-state index < -0.39 is 41.5 Å².